The molecule has 0 aliphatic heterocycles. The first kappa shape index (κ1) is 15.3. The Morgan fingerprint density at radius 2 is 2.12 bits per heavy atom. The zero-order valence-electron chi connectivity index (χ0n) is 10.3. The third kappa shape index (κ3) is 6.05. The van der Waals surface area contributed by atoms with E-state index < -0.39 is 18.1 Å². The Morgan fingerprint density at radius 1 is 1.50 bits per heavy atom. The van der Waals surface area contributed by atoms with Crippen LogP contribution in [0.2, 0.25) is 0 Å². The van der Waals surface area contributed by atoms with E-state index >= 15 is 0 Å². The largest absolute Gasteiger partial charge is 0.480 e. The van der Waals surface area contributed by atoms with Gasteiger partial charge in [-0.05, 0) is 13.5 Å². The van der Waals surface area contributed by atoms with Crippen LogP contribution in [0, 0.1) is 0 Å². The lowest BCUT2D eigenvalue weighted by Gasteiger charge is -2.26. The maximum absolute atomic E-state index is 11.0. The summed E-state index contributed by atoms with van der Waals surface area (Å²) in [5.74, 6) is -0.833. The molecule has 2 atom stereocenters. The van der Waals surface area contributed by atoms with Crippen LogP contribution in [0.25, 0.3) is 0 Å². The topological polar surface area (TPSA) is 70.0 Å². The van der Waals surface area contributed by atoms with Crippen molar-refractivity contribution in [2.24, 2.45) is 0 Å². The average molecular weight is 233 g/mol. The first-order valence-corrected chi connectivity index (χ1v) is 5.63. The lowest BCUT2D eigenvalue weighted by atomic mass is 10.1. The SMILES string of the molecule is CCCCC(C(=O)O)N(C)CC(O)COC. The van der Waals surface area contributed by atoms with Crippen molar-refractivity contribution < 1.29 is 19.7 Å². The van der Waals surface area contributed by atoms with E-state index in [9.17, 15) is 9.90 Å². The van der Waals surface area contributed by atoms with Crippen LogP contribution in [0.15, 0.2) is 0 Å². The molecule has 0 amide bonds. The zero-order chi connectivity index (χ0) is 12.6. The standard InChI is InChI=1S/C11H23NO4/c1-4-5-6-10(11(14)15)12(2)7-9(13)8-16-3/h9-10,13H,4-8H2,1-3H3,(H,14,15). The summed E-state index contributed by atoms with van der Waals surface area (Å²) in [7, 11) is 3.22. The van der Waals surface area contributed by atoms with Gasteiger partial charge in [-0.2, -0.15) is 0 Å². The summed E-state index contributed by atoms with van der Waals surface area (Å²) in [6, 6.07) is -0.522. The molecule has 0 heterocycles. The Kier molecular flexibility index (Phi) is 8.15. The van der Waals surface area contributed by atoms with Crippen molar-refractivity contribution in [2.75, 3.05) is 27.3 Å². The molecule has 0 aromatic carbocycles. The summed E-state index contributed by atoms with van der Waals surface area (Å²) in [5.41, 5.74) is 0. The number of ether oxygens (including phenoxy) is 1. The van der Waals surface area contributed by atoms with Crippen LogP contribution in [0.1, 0.15) is 26.2 Å². The van der Waals surface area contributed by atoms with Crippen LogP contribution < -0.4 is 0 Å². The van der Waals surface area contributed by atoms with Crippen molar-refractivity contribution in [1.29, 1.82) is 0 Å². The molecular weight excluding hydrogens is 210 g/mol. The Hall–Kier alpha value is -0.650. The Balaban J connectivity index is 4.15. The van der Waals surface area contributed by atoms with Gasteiger partial charge in [0.15, 0.2) is 0 Å². The van der Waals surface area contributed by atoms with E-state index in [-0.39, 0.29) is 6.61 Å². The van der Waals surface area contributed by atoms with Gasteiger partial charge in [-0.3, -0.25) is 9.69 Å². The van der Waals surface area contributed by atoms with E-state index in [1.165, 1.54) is 7.11 Å². The molecule has 0 fully saturated rings. The molecule has 16 heavy (non-hydrogen) atoms. The molecule has 2 N–H and O–H groups in total. The highest BCUT2D eigenvalue weighted by molar-refractivity contribution is 5.73. The highest BCUT2D eigenvalue weighted by Crippen LogP contribution is 2.08. The van der Waals surface area contributed by atoms with Crippen LogP contribution in [0.5, 0.6) is 0 Å². The minimum absolute atomic E-state index is 0.227. The summed E-state index contributed by atoms with van der Waals surface area (Å²) in [4.78, 5) is 12.7. The highest BCUT2D eigenvalue weighted by atomic mass is 16.5. The van der Waals surface area contributed by atoms with Gasteiger partial charge in [0.05, 0.1) is 12.7 Å². The van der Waals surface area contributed by atoms with Crippen molar-refractivity contribution >= 4 is 5.97 Å². The summed E-state index contributed by atoms with van der Waals surface area (Å²) < 4.78 is 4.80. The molecule has 0 bridgehead atoms. The third-order valence-corrected chi connectivity index (χ3v) is 2.51. The molecule has 0 aromatic heterocycles. The minimum Gasteiger partial charge on any atom is -0.480 e. The van der Waals surface area contributed by atoms with Crippen molar-refractivity contribution in [3.63, 3.8) is 0 Å². The fraction of sp³-hybridized carbons (Fsp3) is 0.909. The van der Waals surface area contributed by atoms with Gasteiger partial charge >= 0.3 is 5.97 Å². The maximum Gasteiger partial charge on any atom is 0.320 e. The maximum atomic E-state index is 11.0. The van der Waals surface area contributed by atoms with Gasteiger partial charge in [-0.1, -0.05) is 19.8 Å². The van der Waals surface area contributed by atoms with Gasteiger partial charge < -0.3 is 14.9 Å². The number of nitrogens with zero attached hydrogens (tertiary/aromatic N) is 1. The molecule has 0 spiro atoms. The van der Waals surface area contributed by atoms with E-state index in [2.05, 4.69) is 0 Å². The second-order valence-electron chi connectivity index (χ2n) is 4.05. The number of aliphatic carboxylic acids is 1. The van der Waals surface area contributed by atoms with Crippen LogP contribution in [0.3, 0.4) is 0 Å². The molecule has 0 rings (SSSR count). The zero-order valence-corrected chi connectivity index (χ0v) is 10.3. The lowest BCUT2D eigenvalue weighted by molar-refractivity contribution is -0.143. The van der Waals surface area contributed by atoms with Gasteiger partial charge in [-0.15, -0.1) is 0 Å². The second kappa shape index (κ2) is 8.50. The number of aliphatic hydroxyl groups is 1. The fourth-order valence-electron chi connectivity index (χ4n) is 1.63. The van der Waals surface area contributed by atoms with Crippen molar-refractivity contribution in [1.82, 2.24) is 4.90 Å². The van der Waals surface area contributed by atoms with E-state index in [1.54, 1.807) is 11.9 Å². The number of aliphatic hydroxyl groups excluding tert-OH is 1. The van der Waals surface area contributed by atoms with E-state index in [4.69, 9.17) is 9.84 Å². The molecule has 0 aliphatic carbocycles. The van der Waals surface area contributed by atoms with Gasteiger partial charge in [0, 0.05) is 13.7 Å². The van der Waals surface area contributed by atoms with Crippen LogP contribution in [-0.2, 0) is 9.53 Å². The molecule has 0 saturated carbocycles. The number of carboxylic acid groups (broad SMARTS) is 1. The molecule has 0 aromatic rings. The summed E-state index contributed by atoms with van der Waals surface area (Å²) >= 11 is 0. The van der Waals surface area contributed by atoms with E-state index in [1.807, 2.05) is 6.92 Å². The van der Waals surface area contributed by atoms with Crippen LogP contribution in [0.4, 0.5) is 0 Å². The van der Waals surface area contributed by atoms with Gasteiger partial charge in [0.1, 0.15) is 6.04 Å². The predicted octanol–water partition coefficient (Wildman–Crippen LogP) is 0.569. The average Bonchev–Trinajstić information content (AvgIpc) is 2.17. The predicted molar refractivity (Wildman–Crippen MR) is 61.5 cm³/mol. The van der Waals surface area contributed by atoms with Crippen molar-refractivity contribution in [2.45, 2.75) is 38.3 Å². The number of hydrogen-bond acceptors (Lipinski definition) is 4. The van der Waals surface area contributed by atoms with Gasteiger partial charge in [0.2, 0.25) is 0 Å². The first-order chi connectivity index (χ1) is 7.52. The molecule has 5 nitrogen and oxygen atoms in total. The highest BCUT2D eigenvalue weighted by Gasteiger charge is 2.23. The van der Waals surface area contributed by atoms with Crippen LogP contribution in [-0.4, -0.2) is 60.5 Å². The number of methoxy groups -OCH3 is 1. The normalized spacial score (nSPS) is 15.1. The van der Waals surface area contributed by atoms with E-state index in [0.29, 0.717) is 13.0 Å². The second-order valence-corrected chi connectivity index (χ2v) is 4.05. The third-order valence-electron chi connectivity index (χ3n) is 2.51. The summed E-state index contributed by atoms with van der Waals surface area (Å²) in [5, 5.41) is 18.6. The number of likely N-dealkylation sites (N-methyl/N-ethyl adjacent to an activating group) is 1. The molecule has 0 aliphatic rings. The number of hydrogen-bond donors (Lipinski definition) is 2. The Bertz CT molecular complexity index is 198. The molecular formula is C11H23NO4. The fourth-order valence-corrected chi connectivity index (χ4v) is 1.63. The lowest BCUT2D eigenvalue weighted by Crippen LogP contribution is -2.43. The minimum atomic E-state index is -0.833. The number of carbonyl (C=O) groups is 1. The number of unbranched alkanes of at least 4 members (excludes halogenated alkanes) is 1. The number of rotatable bonds is 9. The van der Waals surface area contributed by atoms with E-state index in [0.717, 1.165) is 12.8 Å². The molecule has 2 unspecified atom stereocenters. The molecule has 5 heteroatoms. The molecule has 0 radical (unpaired) electrons. The van der Waals surface area contributed by atoms with Crippen LogP contribution >= 0.6 is 0 Å². The van der Waals surface area contributed by atoms with Gasteiger partial charge in [-0.25, -0.2) is 0 Å². The quantitative estimate of drug-likeness (QED) is 0.609. The summed E-state index contributed by atoms with van der Waals surface area (Å²) in [6.07, 6.45) is 1.82. The van der Waals surface area contributed by atoms with Crippen molar-refractivity contribution in [3.8, 4) is 0 Å². The van der Waals surface area contributed by atoms with Gasteiger partial charge in [0.25, 0.3) is 0 Å². The summed E-state index contributed by atoms with van der Waals surface area (Å²) in [6.45, 7) is 2.57. The smallest absolute Gasteiger partial charge is 0.320 e. The first-order valence-electron chi connectivity index (χ1n) is 5.63. The van der Waals surface area contributed by atoms with Crippen molar-refractivity contribution in [3.05, 3.63) is 0 Å². The monoisotopic (exact) mass is 233 g/mol. The Labute approximate surface area is 97.0 Å². The molecule has 0 saturated heterocycles. The Morgan fingerprint density at radius 3 is 2.56 bits per heavy atom. The number of carboxylic acids is 1. The molecule has 96 valence electrons.